The third-order valence-corrected chi connectivity index (χ3v) is 3.90. The zero-order valence-corrected chi connectivity index (χ0v) is 13.1. The summed E-state index contributed by atoms with van der Waals surface area (Å²) in [5.74, 6) is 0. The highest BCUT2D eigenvalue weighted by atomic mass is 15.2. The zero-order chi connectivity index (χ0) is 15.1. The molecule has 0 saturated heterocycles. The highest BCUT2D eigenvalue weighted by Crippen LogP contribution is 2.18. The van der Waals surface area contributed by atoms with E-state index in [2.05, 4.69) is 58.8 Å². The van der Waals surface area contributed by atoms with Gasteiger partial charge in [-0.25, -0.2) is 4.98 Å². The van der Waals surface area contributed by atoms with Crippen molar-refractivity contribution in [3.8, 4) is 0 Å². The molecule has 0 bridgehead atoms. The third-order valence-electron chi connectivity index (χ3n) is 3.90. The molecule has 0 aliphatic rings. The molecule has 0 aliphatic carbocycles. The van der Waals surface area contributed by atoms with E-state index >= 15 is 0 Å². The van der Waals surface area contributed by atoms with E-state index in [9.17, 15) is 0 Å². The summed E-state index contributed by atoms with van der Waals surface area (Å²) in [5.41, 5.74) is 8.60. The van der Waals surface area contributed by atoms with Crippen molar-refractivity contribution in [1.82, 2.24) is 14.5 Å². The summed E-state index contributed by atoms with van der Waals surface area (Å²) < 4.78 is 2.22. The lowest BCUT2D eigenvalue weighted by Gasteiger charge is -2.27. The third kappa shape index (κ3) is 4.16. The van der Waals surface area contributed by atoms with Crippen molar-refractivity contribution < 1.29 is 0 Å². The summed E-state index contributed by atoms with van der Waals surface area (Å²) in [4.78, 5) is 6.62. The number of imidazole rings is 1. The van der Waals surface area contributed by atoms with Gasteiger partial charge in [0.05, 0.1) is 18.1 Å². The van der Waals surface area contributed by atoms with E-state index in [4.69, 9.17) is 5.73 Å². The predicted molar refractivity (Wildman–Crippen MR) is 87.1 cm³/mol. The maximum atomic E-state index is 6.02. The van der Waals surface area contributed by atoms with Gasteiger partial charge in [0.25, 0.3) is 0 Å². The summed E-state index contributed by atoms with van der Waals surface area (Å²) in [6.07, 6.45) is 6.00. The highest BCUT2D eigenvalue weighted by molar-refractivity contribution is 5.15. The smallest absolute Gasteiger partial charge is 0.0948 e. The highest BCUT2D eigenvalue weighted by Gasteiger charge is 2.18. The fraction of sp³-hybridized carbons (Fsp3) is 0.471. The van der Waals surface area contributed by atoms with Crippen LogP contribution in [0.4, 0.5) is 0 Å². The summed E-state index contributed by atoms with van der Waals surface area (Å²) in [6, 6.07) is 10.8. The van der Waals surface area contributed by atoms with E-state index in [1.165, 1.54) is 11.3 Å². The molecule has 4 nitrogen and oxygen atoms in total. The molecule has 2 N–H and O–H groups in total. The first-order valence-electron chi connectivity index (χ1n) is 7.70. The van der Waals surface area contributed by atoms with Crippen LogP contribution < -0.4 is 5.73 Å². The van der Waals surface area contributed by atoms with Crippen LogP contribution in [0, 0.1) is 0 Å². The largest absolute Gasteiger partial charge is 0.333 e. The molecule has 1 aromatic carbocycles. The SMILES string of the molecule is CCCn1cncc1C(CN)N(C)CCc1ccccc1. The molecule has 2 rings (SSSR count). The first-order chi connectivity index (χ1) is 10.3. The summed E-state index contributed by atoms with van der Waals surface area (Å²) in [7, 11) is 2.14. The Hall–Kier alpha value is -1.65. The van der Waals surface area contributed by atoms with Gasteiger partial charge in [-0.05, 0) is 25.5 Å². The van der Waals surface area contributed by atoms with Gasteiger partial charge in [0.2, 0.25) is 0 Å². The van der Waals surface area contributed by atoms with E-state index in [1.54, 1.807) is 0 Å². The summed E-state index contributed by atoms with van der Waals surface area (Å²) in [6.45, 7) is 4.78. The van der Waals surface area contributed by atoms with Crippen LogP contribution in [0.2, 0.25) is 0 Å². The maximum absolute atomic E-state index is 6.02. The van der Waals surface area contributed by atoms with E-state index < -0.39 is 0 Å². The Balaban J connectivity index is 2.01. The van der Waals surface area contributed by atoms with E-state index in [1.807, 2.05) is 12.5 Å². The molecule has 0 saturated carbocycles. The number of hydrogen-bond acceptors (Lipinski definition) is 3. The Labute approximate surface area is 127 Å². The van der Waals surface area contributed by atoms with Crippen LogP contribution in [0.5, 0.6) is 0 Å². The Morgan fingerprint density at radius 2 is 2.05 bits per heavy atom. The molecule has 0 fully saturated rings. The van der Waals surface area contributed by atoms with Crippen molar-refractivity contribution in [2.24, 2.45) is 5.73 Å². The molecular weight excluding hydrogens is 260 g/mol. The maximum Gasteiger partial charge on any atom is 0.0948 e. The Morgan fingerprint density at radius 1 is 1.29 bits per heavy atom. The first kappa shape index (κ1) is 15.7. The van der Waals surface area contributed by atoms with Crippen molar-refractivity contribution >= 4 is 0 Å². The number of nitrogens with two attached hydrogens (primary N) is 1. The van der Waals surface area contributed by atoms with Crippen LogP contribution in [0.25, 0.3) is 0 Å². The Bertz CT molecular complexity index is 521. The molecular formula is C17H26N4. The lowest BCUT2D eigenvalue weighted by Crippen LogP contribution is -2.33. The van der Waals surface area contributed by atoms with Gasteiger partial charge < -0.3 is 10.3 Å². The van der Waals surface area contributed by atoms with Crippen LogP contribution in [0.3, 0.4) is 0 Å². The average molecular weight is 286 g/mol. The van der Waals surface area contributed by atoms with Crippen molar-refractivity contribution in [2.75, 3.05) is 20.1 Å². The lowest BCUT2D eigenvalue weighted by atomic mass is 10.1. The predicted octanol–water partition coefficient (Wildman–Crippen LogP) is 2.47. The molecule has 2 aromatic rings. The molecule has 1 atom stereocenters. The second kappa shape index (κ2) is 7.96. The van der Waals surface area contributed by atoms with Crippen LogP contribution in [-0.2, 0) is 13.0 Å². The minimum absolute atomic E-state index is 0.225. The molecule has 1 aromatic heterocycles. The molecule has 4 heteroatoms. The van der Waals surface area contributed by atoms with Crippen LogP contribution >= 0.6 is 0 Å². The fourth-order valence-electron chi connectivity index (χ4n) is 2.67. The molecule has 1 heterocycles. The van der Waals surface area contributed by atoms with Gasteiger partial charge >= 0.3 is 0 Å². The Kier molecular flexibility index (Phi) is 5.96. The van der Waals surface area contributed by atoms with E-state index in [-0.39, 0.29) is 6.04 Å². The normalized spacial score (nSPS) is 12.8. The summed E-state index contributed by atoms with van der Waals surface area (Å²) >= 11 is 0. The first-order valence-corrected chi connectivity index (χ1v) is 7.70. The number of nitrogens with zero attached hydrogens (tertiary/aromatic N) is 3. The molecule has 114 valence electrons. The van der Waals surface area contributed by atoms with E-state index in [0.717, 1.165) is 25.9 Å². The van der Waals surface area contributed by atoms with Gasteiger partial charge in [0.15, 0.2) is 0 Å². The molecule has 0 aliphatic heterocycles. The second-order valence-corrected chi connectivity index (χ2v) is 5.48. The Morgan fingerprint density at radius 3 is 2.71 bits per heavy atom. The molecule has 1 unspecified atom stereocenters. The minimum Gasteiger partial charge on any atom is -0.333 e. The number of aromatic nitrogens is 2. The van der Waals surface area contributed by atoms with Crippen molar-refractivity contribution in [3.63, 3.8) is 0 Å². The minimum atomic E-state index is 0.225. The standard InChI is InChI=1S/C17H26N4/c1-3-10-21-14-19-13-17(21)16(12-18)20(2)11-9-15-7-5-4-6-8-15/h4-8,13-14,16H,3,9-12,18H2,1-2H3. The van der Waals surface area contributed by atoms with Gasteiger partial charge in [0.1, 0.15) is 0 Å². The molecule has 0 amide bonds. The van der Waals surface area contributed by atoms with Gasteiger partial charge in [-0.3, -0.25) is 4.90 Å². The molecule has 21 heavy (non-hydrogen) atoms. The van der Waals surface area contributed by atoms with E-state index in [0.29, 0.717) is 6.54 Å². The number of rotatable bonds is 8. The van der Waals surface area contributed by atoms with Crippen molar-refractivity contribution in [3.05, 3.63) is 54.1 Å². The number of hydrogen-bond donors (Lipinski definition) is 1. The lowest BCUT2D eigenvalue weighted by molar-refractivity contribution is 0.243. The molecule has 0 spiro atoms. The average Bonchev–Trinajstić information content (AvgIpc) is 2.96. The van der Waals surface area contributed by atoms with Gasteiger partial charge in [-0.1, -0.05) is 37.3 Å². The fourth-order valence-corrected chi connectivity index (χ4v) is 2.67. The zero-order valence-electron chi connectivity index (χ0n) is 13.1. The van der Waals surface area contributed by atoms with Gasteiger partial charge in [0, 0.05) is 25.8 Å². The van der Waals surface area contributed by atoms with Crippen molar-refractivity contribution in [1.29, 1.82) is 0 Å². The number of aryl methyl sites for hydroxylation is 1. The van der Waals surface area contributed by atoms with Crippen molar-refractivity contribution in [2.45, 2.75) is 32.4 Å². The molecule has 0 radical (unpaired) electrons. The topological polar surface area (TPSA) is 47.1 Å². The van der Waals surface area contributed by atoms with Crippen LogP contribution in [-0.4, -0.2) is 34.6 Å². The second-order valence-electron chi connectivity index (χ2n) is 5.48. The number of likely N-dealkylation sites (N-methyl/N-ethyl adjacent to an activating group) is 1. The quantitative estimate of drug-likeness (QED) is 0.811. The van der Waals surface area contributed by atoms with Gasteiger partial charge in [-0.2, -0.15) is 0 Å². The van der Waals surface area contributed by atoms with Crippen LogP contribution in [0.1, 0.15) is 30.6 Å². The van der Waals surface area contributed by atoms with Gasteiger partial charge in [-0.15, -0.1) is 0 Å². The monoisotopic (exact) mass is 286 g/mol. The number of benzene rings is 1. The van der Waals surface area contributed by atoms with Crippen LogP contribution in [0.15, 0.2) is 42.9 Å². The summed E-state index contributed by atoms with van der Waals surface area (Å²) in [5, 5.41) is 0.